The second kappa shape index (κ2) is 6.66. The Hall–Kier alpha value is -2.95. The summed E-state index contributed by atoms with van der Waals surface area (Å²) in [5.74, 6) is -0.423. The number of benzene rings is 1. The van der Waals surface area contributed by atoms with Crippen molar-refractivity contribution in [2.45, 2.75) is 19.9 Å². The van der Waals surface area contributed by atoms with Gasteiger partial charge < -0.3 is 10.2 Å². The van der Waals surface area contributed by atoms with E-state index in [4.69, 9.17) is 0 Å². The first kappa shape index (κ1) is 15.9. The predicted octanol–water partition coefficient (Wildman–Crippen LogP) is 2.68. The first-order valence-corrected chi connectivity index (χ1v) is 7.88. The van der Waals surface area contributed by atoms with Gasteiger partial charge >= 0.3 is 0 Å². The topological polar surface area (TPSA) is 62.3 Å². The maximum Gasteiger partial charge on any atom is 0.260 e. The monoisotopic (exact) mass is 321 g/mol. The highest BCUT2D eigenvalue weighted by Crippen LogP contribution is 2.24. The molecule has 1 N–H and O–H groups in total. The first-order chi connectivity index (χ1) is 11.6. The van der Waals surface area contributed by atoms with Gasteiger partial charge in [-0.3, -0.25) is 14.6 Å². The molecule has 1 aromatic heterocycles. The number of hydrogen-bond acceptors (Lipinski definition) is 3. The van der Waals surface area contributed by atoms with Gasteiger partial charge in [-0.2, -0.15) is 0 Å². The summed E-state index contributed by atoms with van der Waals surface area (Å²) in [5.41, 5.74) is 1.94. The number of nitrogens with one attached hydrogen (secondary N) is 1. The lowest BCUT2D eigenvalue weighted by Crippen LogP contribution is -2.53. The van der Waals surface area contributed by atoms with E-state index in [1.807, 2.05) is 44.2 Å². The van der Waals surface area contributed by atoms with Crippen molar-refractivity contribution < 1.29 is 9.59 Å². The van der Waals surface area contributed by atoms with Crippen molar-refractivity contribution in [3.8, 4) is 0 Å². The molecular weight excluding hydrogens is 302 g/mol. The van der Waals surface area contributed by atoms with Crippen LogP contribution in [-0.2, 0) is 4.79 Å². The molecule has 5 nitrogen and oxygen atoms in total. The molecule has 0 radical (unpaired) electrons. The Morgan fingerprint density at radius 3 is 2.54 bits per heavy atom. The molecular formula is C19H19N3O2. The summed E-state index contributed by atoms with van der Waals surface area (Å²) >= 11 is 0. The molecule has 2 amide bonds. The van der Waals surface area contributed by atoms with Gasteiger partial charge in [0.1, 0.15) is 6.04 Å². The van der Waals surface area contributed by atoms with Crippen LogP contribution in [0.15, 0.2) is 61.1 Å². The quantitative estimate of drug-likeness (QED) is 0.945. The molecule has 2 heterocycles. The molecule has 0 aliphatic carbocycles. The largest absolute Gasteiger partial charge is 0.322 e. The summed E-state index contributed by atoms with van der Waals surface area (Å²) in [6, 6.07) is 12.4. The highest BCUT2D eigenvalue weighted by atomic mass is 16.2. The average Bonchev–Trinajstić information content (AvgIpc) is 2.61. The van der Waals surface area contributed by atoms with E-state index in [2.05, 4.69) is 10.3 Å². The second-order valence-electron chi connectivity index (χ2n) is 6.04. The summed E-state index contributed by atoms with van der Waals surface area (Å²) in [5, 5.41) is 2.91. The molecule has 0 saturated heterocycles. The van der Waals surface area contributed by atoms with Gasteiger partial charge in [-0.15, -0.1) is 0 Å². The van der Waals surface area contributed by atoms with Gasteiger partial charge in [-0.25, -0.2) is 0 Å². The van der Waals surface area contributed by atoms with E-state index >= 15 is 0 Å². The molecule has 1 aromatic carbocycles. The molecule has 0 bridgehead atoms. The molecule has 0 fully saturated rings. The van der Waals surface area contributed by atoms with Gasteiger partial charge in [0.25, 0.3) is 5.91 Å². The Kier molecular flexibility index (Phi) is 4.42. The average molecular weight is 321 g/mol. The summed E-state index contributed by atoms with van der Waals surface area (Å²) in [4.78, 5) is 31.0. The molecule has 1 atom stereocenters. The third kappa shape index (κ3) is 3.06. The van der Waals surface area contributed by atoms with Crippen molar-refractivity contribution in [1.82, 2.24) is 15.2 Å². The van der Waals surface area contributed by atoms with Crippen LogP contribution in [0.2, 0.25) is 0 Å². The zero-order chi connectivity index (χ0) is 17.1. The first-order valence-electron chi connectivity index (χ1n) is 7.88. The van der Waals surface area contributed by atoms with Gasteiger partial charge in [-0.05, 0) is 23.6 Å². The number of hydrogen-bond donors (Lipinski definition) is 1. The van der Waals surface area contributed by atoms with Gasteiger partial charge in [-0.1, -0.05) is 44.2 Å². The van der Waals surface area contributed by atoms with Crippen LogP contribution in [0.4, 0.5) is 0 Å². The van der Waals surface area contributed by atoms with Crippen LogP contribution < -0.4 is 5.32 Å². The van der Waals surface area contributed by atoms with E-state index in [0.717, 1.165) is 5.56 Å². The van der Waals surface area contributed by atoms with Crippen LogP contribution in [0.25, 0.3) is 5.70 Å². The Morgan fingerprint density at radius 1 is 1.17 bits per heavy atom. The molecule has 2 aromatic rings. The molecule has 0 spiro atoms. The SMILES string of the molecule is CC(C)C1C(=O)NC(c2ccccc2)=CN1C(=O)c1cccnc1. The Labute approximate surface area is 141 Å². The number of nitrogens with zero attached hydrogens (tertiary/aromatic N) is 2. The van der Waals surface area contributed by atoms with Crippen LogP contribution in [0.1, 0.15) is 29.8 Å². The number of aromatic nitrogens is 1. The van der Waals surface area contributed by atoms with Crippen LogP contribution >= 0.6 is 0 Å². The van der Waals surface area contributed by atoms with Gasteiger partial charge in [0, 0.05) is 18.6 Å². The van der Waals surface area contributed by atoms with E-state index < -0.39 is 6.04 Å². The van der Waals surface area contributed by atoms with E-state index in [1.54, 1.807) is 24.5 Å². The highest BCUT2D eigenvalue weighted by Gasteiger charge is 2.36. The van der Waals surface area contributed by atoms with Gasteiger partial charge in [0.2, 0.25) is 5.91 Å². The zero-order valence-electron chi connectivity index (χ0n) is 13.6. The van der Waals surface area contributed by atoms with E-state index in [0.29, 0.717) is 11.3 Å². The standard InChI is InChI=1S/C19H19N3O2/c1-13(2)17-18(23)21-16(14-7-4-3-5-8-14)12-22(17)19(24)15-9-6-10-20-11-15/h3-13,17H,1-2H3,(H,21,23). The maximum atomic E-state index is 12.9. The lowest BCUT2D eigenvalue weighted by Gasteiger charge is -2.35. The van der Waals surface area contributed by atoms with E-state index in [-0.39, 0.29) is 17.7 Å². The van der Waals surface area contributed by atoms with Crippen molar-refractivity contribution >= 4 is 17.5 Å². The summed E-state index contributed by atoms with van der Waals surface area (Å²) in [7, 11) is 0. The van der Waals surface area contributed by atoms with Crippen molar-refractivity contribution in [2.75, 3.05) is 0 Å². The number of carbonyl (C=O) groups excluding carboxylic acids is 2. The summed E-state index contributed by atoms with van der Waals surface area (Å²) in [6.07, 6.45) is 4.85. The Balaban J connectivity index is 2.03. The normalized spacial score (nSPS) is 17.5. The number of pyridine rings is 1. The second-order valence-corrected chi connectivity index (χ2v) is 6.04. The van der Waals surface area contributed by atoms with Crippen LogP contribution in [-0.4, -0.2) is 27.7 Å². The molecule has 0 saturated carbocycles. The van der Waals surface area contributed by atoms with Crippen LogP contribution in [0.3, 0.4) is 0 Å². The lowest BCUT2D eigenvalue weighted by atomic mass is 9.98. The minimum atomic E-state index is -0.551. The Morgan fingerprint density at radius 2 is 1.92 bits per heavy atom. The van der Waals surface area contributed by atoms with E-state index in [9.17, 15) is 9.59 Å². The fourth-order valence-electron chi connectivity index (χ4n) is 2.80. The molecule has 122 valence electrons. The summed E-state index contributed by atoms with van der Waals surface area (Å²) in [6.45, 7) is 3.85. The van der Waals surface area contributed by atoms with Gasteiger partial charge in [0.15, 0.2) is 0 Å². The molecule has 1 aliphatic heterocycles. The van der Waals surface area contributed by atoms with Crippen molar-refractivity contribution in [2.24, 2.45) is 5.92 Å². The third-order valence-electron chi connectivity index (χ3n) is 3.95. The number of amides is 2. The molecule has 24 heavy (non-hydrogen) atoms. The highest BCUT2D eigenvalue weighted by molar-refractivity contribution is 6.02. The molecule has 1 aliphatic rings. The number of rotatable bonds is 3. The minimum absolute atomic E-state index is 0.0146. The van der Waals surface area contributed by atoms with Crippen molar-refractivity contribution in [3.63, 3.8) is 0 Å². The van der Waals surface area contributed by atoms with Crippen LogP contribution in [0, 0.1) is 5.92 Å². The van der Waals surface area contributed by atoms with Crippen molar-refractivity contribution in [3.05, 3.63) is 72.2 Å². The molecule has 1 unspecified atom stereocenters. The molecule has 5 heteroatoms. The van der Waals surface area contributed by atoms with E-state index in [1.165, 1.54) is 11.1 Å². The smallest absolute Gasteiger partial charge is 0.260 e. The van der Waals surface area contributed by atoms with Gasteiger partial charge in [0.05, 0.1) is 11.3 Å². The van der Waals surface area contributed by atoms with Crippen LogP contribution in [0.5, 0.6) is 0 Å². The lowest BCUT2D eigenvalue weighted by molar-refractivity contribution is -0.125. The zero-order valence-corrected chi connectivity index (χ0v) is 13.6. The Bertz CT molecular complexity index is 770. The summed E-state index contributed by atoms with van der Waals surface area (Å²) < 4.78 is 0. The fourth-order valence-corrected chi connectivity index (χ4v) is 2.80. The maximum absolute atomic E-state index is 12.9. The van der Waals surface area contributed by atoms with Crippen molar-refractivity contribution in [1.29, 1.82) is 0 Å². The fraction of sp³-hybridized carbons (Fsp3) is 0.211. The molecule has 3 rings (SSSR count). The number of carbonyl (C=O) groups is 2. The third-order valence-corrected chi connectivity index (χ3v) is 3.95. The minimum Gasteiger partial charge on any atom is -0.322 e. The predicted molar refractivity (Wildman–Crippen MR) is 91.6 cm³/mol.